The van der Waals surface area contributed by atoms with Gasteiger partial charge in [-0.25, -0.2) is 0 Å². The zero-order chi connectivity index (χ0) is 33.9. The minimum atomic E-state index is 0.109. The van der Waals surface area contributed by atoms with E-state index in [2.05, 4.69) is 60.6 Å². The van der Waals surface area contributed by atoms with Crippen LogP contribution in [-0.4, -0.2) is 98.8 Å². The highest BCUT2D eigenvalue weighted by atomic mass is 16.5. The molecule has 14 nitrogen and oxygen atoms in total. The number of aliphatic hydroxyl groups excluding tert-OH is 1. The highest BCUT2D eigenvalue weighted by molar-refractivity contribution is 5.86. The lowest BCUT2D eigenvalue weighted by atomic mass is 9.95. The normalized spacial score (nSPS) is 15.5. The smallest absolute Gasteiger partial charge is 0.320 e. The third kappa shape index (κ3) is 8.62. The number of carbonyl (C=O) groups is 2. The second-order valence-electron chi connectivity index (χ2n) is 12.2. The monoisotopic (exact) mass is 650 g/mol. The number of ether oxygens (including phenoxy) is 1. The van der Waals surface area contributed by atoms with E-state index in [9.17, 15) is 9.59 Å². The summed E-state index contributed by atoms with van der Waals surface area (Å²) < 4.78 is 8.01. The van der Waals surface area contributed by atoms with Gasteiger partial charge >= 0.3 is 6.01 Å². The Hall–Kier alpha value is -4.14. The predicted octanol–water partition coefficient (Wildman–Crippen LogP) is 3.06. The Kier molecular flexibility index (Phi) is 13.0. The van der Waals surface area contributed by atoms with Crippen molar-refractivity contribution >= 4 is 30.0 Å². The first-order chi connectivity index (χ1) is 22.8. The minimum Gasteiger partial charge on any atom is -0.463 e. The Morgan fingerprint density at radius 3 is 2.55 bits per heavy atom. The number of aliphatic hydroxyl groups is 1. The number of anilines is 3. The summed E-state index contributed by atoms with van der Waals surface area (Å²) in [6.07, 6.45) is 5.38. The van der Waals surface area contributed by atoms with Crippen molar-refractivity contribution in [2.45, 2.75) is 84.6 Å². The molecule has 0 spiro atoms. The highest BCUT2D eigenvalue weighted by Gasteiger charge is 2.29. The van der Waals surface area contributed by atoms with Gasteiger partial charge in [-0.3, -0.25) is 24.3 Å². The standard InChI is InChI=1S/C32H46N10O3.CH4O/c1-5-6-15-45-32-35-29(33)28(34-4)31(36-32)41(21-44)18-25-8-7-23(16-26(25)20-43)17-39-11-9-24(10-12-39)30-38-37-27-19-40(22(2)3)13-14-42(27)30;1-2/h7-8,16,20-22,24,34H,5-6,9-15,17-19H2,1-4H3,(H2,33,35,36);2H,1H3. The fourth-order valence-electron chi connectivity index (χ4n) is 6.16. The largest absolute Gasteiger partial charge is 0.463 e. The summed E-state index contributed by atoms with van der Waals surface area (Å²) in [6.45, 7) is 12.6. The first-order valence-corrected chi connectivity index (χ1v) is 16.4. The molecular weight excluding hydrogens is 600 g/mol. The molecular formula is C33H50N10O4. The molecule has 2 aromatic heterocycles. The zero-order valence-electron chi connectivity index (χ0n) is 28.4. The van der Waals surface area contributed by atoms with Crippen LogP contribution in [0.2, 0.25) is 0 Å². The number of carbonyl (C=O) groups excluding carboxylic acids is 2. The molecule has 1 aromatic carbocycles. The molecule has 3 aromatic rings. The van der Waals surface area contributed by atoms with Gasteiger partial charge in [-0.1, -0.05) is 25.5 Å². The number of unbranched alkanes of at least 4 members (excludes halogenated alkanes) is 1. The number of benzene rings is 1. The van der Waals surface area contributed by atoms with Crippen molar-refractivity contribution in [3.05, 3.63) is 46.5 Å². The van der Waals surface area contributed by atoms with Crippen LogP contribution < -0.4 is 20.7 Å². The maximum absolute atomic E-state index is 12.3. The number of fused-ring (bicyclic) bond motifs is 1. The second-order valence-corrected chi connectivity index (χ2v) is 12.2. The number of amides is 1. The fraction of sp³-hybridized carbons (Fsp3) is 0.576. The number of hydrogen-bond donors (Lipinski definition) is 3. The van der Waals surface area contributed by atoms with Crippen molar-refractivity contribution in [2.75, 3.05) is 56.3 Å². The number of likely N-dealkylation sites (tertiary alicyclic amines) is 1. The Labute approximate surface area is 277 Å². The van der Waals surface area contributed by atoms with Gasteiger partial charge in [-0.2, -0.15) is 9.97 Å². The van der Waals surface area contributed by atoms with E-state index in [-0.39, 0.29) is 18.4 Å². The number of hydrogen-bond acceptors (Lipinski definition) is 12. The van der Waals surface area contributed by atoms with E-state index in [1.165, 1.54) is 4.90 Å². The average molecular weight is 651 g/mol. The Morgan fingerprint density at radius 1 is 1.13 bits per heavy atom. The van der Waals surface area contributed by atoms with E-state index in [0.717, 1.165) is 95.6 Å². The van der Waals surface area contributed by atoms with Crippen LogP contribution in [-0.2, 0) is 31.0 Å². The Balaban J connectivity index is 0.00000245. The summed E-state index contributed by atoms with van der Waals surface area (Å²) in [5, 5.41) is 19.1. The van der Waals surface area contributed by atoms with E-state index in [1.807, 2.05) is 18.2 Å². The van der Waals surface area contributed by atoms with E-state index >= 15 is 0 Å². The molecule has 0 atom stereocenters. The van der Waals surface area contributed by atoms with Crippen LogP contribution in [0.15, 0.2) is 18.2 Å². The van der Waals surface area contributed by atoms with Crippen LogP contribution in [0.3, 0.4) is 0 Å². The summed E-state index contributed by atoms with van der Waals surface area (Å²) in [4.78, 5) is 39.4. The lowest BCUT2D eigenvalue weighted by Crippen LogP contribution is -2.39. The number of aldehydes is 1. The van der Waals surface area contributed by atoms with Gasteiger partial charge in [0.1, 0.15) is 23.6 Å². The lowest BCUT2D eigenvalue weighted by Gasteiger charge is -2.34. The van der Waals surface area contributed by atoms with E-state index < -0.39 is 0 Å². The van der Waals surface area contributed by atoms with Crippen LogP contribution in [0, 0.1) is 0 Å². The van der Waals surface area contributed by atoms with Crippen LogP contribution in [0.25, 0.3) is 0 Å². The van der Waals surface area contributed by atoms with E-state index in [0.29, 0.717) is 47.6 Å². The van der Waals surface area contributed by atoms with Gasteiger partial charge in [0.15, 0.2) is 11.6 Å². The summed E-state index contributed by atoms with van der Waals surface area (Å²) >= 11 is 0. The molecule has 1 saturated heterocycles. The molecule has 0 bridgehead atoms. The third-order valence-corrected chi connectivity index (χ3v) is 8.85. The average Bonchev–Trinajstić information content (AvgIpc) is 3.52. The number of nitrogen functional groups attached to an aromatic ring is 1. The lowest BCUT2D eigenvalue weighted by molar-refractivity contribution is -0.107. The zero-order valence-corrected chi connectivity index (χ0v) is 28.4. The molecule has 2 aliphatic rings. The summed E-state index contributed by atoms with van der Waals surface area (Å²) in [6, 6.07) is 6.47. The second kappa shape index (κ2) is 17.1. The van der Waals surface area contributed by atoms with Crippen LogP contribution in [0.4, 0.5) is 17.3 Å². The summed E-state index contributed by atoms with van der Waals surface area (Å²) in [5.74, 6) is 3.09. The van der Waals surface area contributed by atoms with Crippen molar-refractivity contribution in [2.24, 2.45) is 0 Å². The molecule has 256 valence electrons. The maximum Gasteiger partial charge on any atom is 0.320 e. The van der Waals surface area contributed by atoms with Crippen molar-refractivity contribution in [3.8, 4) is 6.01 Å². The highest BCUT2D eigenvalue weighted by Crippen LogP contribution is 2.32. The van der Waals surface area contributed by atoms with E-state index in [1.54, 1.807) is 7.05 Å². The molecule has 14 heteroatoms. The topological polar surface area (TPSA) is 168 Å². The summed E-state index contributed by atoms with van der Waals surface area (Å²) in [7, 11) is 2.69. The van der Waals surface area contributed by atoms with Gasteiger partial charge in [0.2, 0.25) is 6.41 Å². The molecule has 5 rings (SSSR count). The van der Waals surface area contributed by atoms with Crippen LogP contribution in [0.1, 0.15) is 85.5 Å². The number of rotatable bonds is 14. The van der Waals surface area contributed by atoms with Gasteiger partial charge in [0.25, 0.3) is 0 Å². The fourth-order valence-corrected chi connectivity index (χ4v) is 6.16. The van der Waals surface area contributed by atoms with Crippen molar-refractivity contribution in [1.29, 1.82) is 0 Å². The van der Waals surface area contributed by atoms with Gasteiger partial charge in [0.05, 0.1) is 19.7 Å². The molecule has 47 heavy (non-hydrogen) atoms. The number of nitrogens with two attached hydrogens (primary N) is 1. The van der Waals surface area contributed by atoms with Crippen molar-refractivity contribution < 1.29 is 19.4 Å². The number of aromatic nitrogens is 5. The molecule has 0 unspecified atom stereocenters. The van der Waals surface area contributed by atoms with Gasteiger partial charge in [0, 0.05) is 51.3 Å². The minimum absolute atomic E-state index is 0.109. The quantitative estimate of drug-likeness (QED) is 0.173. The maximum atomic E-state index is 12.3. The van der Waals surface area contributed by atoms with Crippen LogP contribution in [0.5, 0.6) is 6.01 Å². The Bertz CT molecular complexity index is 1470. The Morgan fingerprint density at radius 2 is 1.89 bits per heavy atom. The first kappa shape index (κ1) is 35.7. The predicted molar refractivity (Wildman–Crippen MR) is 181 cm³/mol. The van der Waals surface area contributed by atoms with Crippen molar-refractivity contribution in [1.82, 2.24) is 34.5 Å². The van der Waals surface area contributed by atoms with Crippen molar-refractivity contribution in [3.63, 3.8) is 0 Å². The summed E-state index contributed by atoms with van der Waals surface area (Å²) in [5.41, 5.74) is 8.88. The van der Waals surface area contributed by atoms with Crippen LogP contribution >= 0.6 is 0 Å². The van der Waals surface area contributed by atoms with Gasteiger partial charge in [-0.05, 0) is 63.4 Å². The molecule has 2 aliphatic heterocycles. The molecule has 1 amide bonds. The first-order valence-electron chi connectivity index (χ1n) is 16.4. The number of nitrogens with one attached hydrogen (secondary N) is 1. The number of nitrogens with zero attached hydrogens (tertiary/aromatic N) is 8. The number of piperidine rings is 1. The molecule has 4 heterocycles. The molecule has 0 radical (unpaired) electrons. The van der Waals surface area contributed by atoms with Gasteiger partial charge < -0.3 is 25.5 Å². The SMILES string of the molecule is CCCCOc1nc(N)c(NC)c(N(C=O)Cc2ccc(CN3CCC(c4nnc5n4CCN(C(C)C)C5)CC3)cc2C=O)n1.CO. The van der Waals surface area contributed by atoms with E-state index in [4.69, 9.17) is 15.6 Å². The molecule has 4 N–H and O–H groups in total. The van der Waals surface area contributed by atoms with Gasteiger partial charge in [-0.15, -0.1) is 10.2 Å². The third-order valence-electron chi connectivity index (χ3n) is 8.85. The molecule has 1 fully saturated rings. The molecule has 0 aliphatic carbocycles. The molecule has 0 saturated carbocycles.